The summed E-state index contributed by atoms with van der Waals surface area (Å²) in [4.78, 5) is 13.5. The van der Waals surface area contributed by atoms with E-state index in [4.69, 9.17) is 0 Å². The van der Waals surface area contributed by atoms with Gasteiger partial charge in [-0.25, -0.2) is 0 Å². The van der Waals surface area contributed by atoms with Gasteiger partial charge in [0.15, 0.2) is 0 Å². The molecule has 0 amide bonds. The molecule has 0 radical (unpaired) electrons. The number of rotatable bonds is 3. The molecule has 2 rings (SSSR count). The van der Waals surface area contributed by atoms with Crippen molar-refractivity contribution in [1.82, 2.24) is 0 Å². The fraction of sp³-hybridized carbons (Fsp3) is 0.533. The molecule has 1 heterocycles. The molecule has 1 aliphatic rings. The molecule has 0 spiro atoms. The minimum absolute atomic E-state index is 0.0970. The van der Waals surface area contributed by atoms with Crippen molar-refractivity contribution in [3.8, 4) is 0 Å². The third-order valence-corrected chi connectivity index (χ3v) is 3.90. The number of hydrogen-bond donors (Lipinski definition) is 1. The van der Waals surface area contributed by atoms with Crippen LogP contribution in [-0.2, 0) is 4.79 Å². The Morgan fingerprint density at radius 1 is 1.39 bits per heavy atom. The summed E-state index contributed by atoms with van der Waals surface area (Å²) in [5, 5.41) is 9.24. The van der Waals surface area contributed by atoms with Gasteiger partial charge in [0.25, 0.3) is 0 Å². The fourth-order valence-electron chi connectivity index (χ4n) is 2.73. The van der Waals surface area contributed by atoms with Gasteiger partial charge in [0, 0.05) is 24.2 Å². The number of benzene rings is 1. The second-order valence-electron chi connectivity index (χ2n) is 5.54. The third-order valence-electron chi connectivity index (χ3n) is 3.90. The van der Waals surface area contributed by atoms with Crippen LogP contribution in [0.25, 0.3) is 0 Å². The summed E-state index contributed by atoms with van der Waals surface area (Å²) in [5.41, 5.74) is 3.59. The SMILES string of the molecule is Cc1ccc2c(c1)C(C(C)C(=O)O)CN2C(C)C. The van der Waals surface area contributed by atoms with Crippen LogP contribution in [0.4, 0.5) is 5.69 Å². The zero-order valence-corrected chi connectivity index (χ0v) is 11.5. The van der Waals surface area contributed by atoms with Gasteiger partial charge in [-0.05, 0) is 32.4 Å². The van der Waals surface area contributed by atoms with E-state index in [9.17, 15) is 9.90 Å². The highest BCUT2D eigenvalue weighted by Crippen LogP contribution is 2.41. The van der Waals surface area contributed by atoms with Gasteiger partial charge in [-0.3, -0.25) is 4.79 Å². The molecule has 3 heteroatoms. The van der Waals surface area contributed by atoms with E-state index in [1.165, 1.54) is 16.8 Å². The highest BCUT2D eigenvalue weighted by Gasteiger charge is 2.36. The van der Waals surface area contributed by atoms with Crippen LogP contribution in [0.3, 0.4) is 0 Å². The van der Waals surface area contributed by atoms with Crippen molar-refractivity contribution in [3.63, 3.8) is 0 Å². The number of carboxylic acids is 1. The van der Waals surface area contributed by atoms with Crippen molar-refractivity contribution < 1.29 is 9.90 Å². The first kappa shape index (κ1) is 12.9. The molecule has 0 bridgehead atoms. The summed E-state index contributed by atoms with van der Waals surface area (Å²) in [7, 11) is 0. The summed E-state index contributed by atoms with van der Waals surface area (Å²) >= 11 is 0. The average Bonchev–Trinajstić information content (AvgIpc) is 2.66. The van der Waals surface area contributed by atoms with Gasteiger partial charge in [-0.15, -0.1) is 0 Å². The lowest BCUT2D eigenvalue weighted by molar-refractivity contribution is -0.141. The van der Waals surface area contributed by atoms with E-state index >= 15 is 0 Å². The minimum Gasteiger partial charge on any atom is -0.481 e. The van der Waals surface area contributed by atoms with Gasteiger partial charge >= 0.3 is 5.97 Å². The van der Waals surface area contributed by atoms with Crippen LogP contribution in [0.15, 0.2) is 18.2 Å². The highest BCUT2D eigenvalue weighted by atomic mass is 16.4. The van der Waals surface area contributed by atoms with Crippen molar-refractivity contribution in [2.75, 3.05) is 11.4 Å². The number of fused-ring (bicyclic) bond motifs is 1. The van der Waals surface area contributed by atoms with Gasteiger partial charge in [-0.1, -0.05) is 24.6 Å². The largest absolute Gasteiger partial charge is 0.481 e. The molecule has 2 unspecified atom stereocenters. The first-order chi connectivity index (χ1) is 8.41. The van der Waals surface area contributed by atoms with Crippen LogP contribution < -0.4 is 4.90 Å². The molecule has 0 fully saturated rings. The third kappa shape index (κ3) is 2.09. The van der Waals surface area contributed by atoms with Gasteiger partial charge in [-0.2, -0.15) is 0 Å². The lowest BCUT2D eigenvalue weighted by Crippen LogP contribution is -2.31. The number of aryl methyl sites for hydroxylation is 1. The normalized spacial score (nSPS) is 20.1. The molecule has 1 aromatic rings. The van der Waals surface area contributed by atoms with Crippen molar-refractivity contribution >= 4 is 11.7 Å². The number of hydrogen-bond acceptors (Lipinski definition) is 2. The predicted molar refractivity (Wildman–Crippen MR) is 73.2 cm³/mol. The number of carboxylic acid groups (broad SMARTS) is 1. The van der Waals surface area contributed by atoms with E-state index in [-0.39, 0.29) is 11.8 Å². The molecule has 2 atom stereocenters. The molecule has 0 aliphatic carbocycles. The highest BCUT2D eigenvalue weighted by molar-refractivity contribution is 5.74. The van der Waals surface area contributed by atoms with Crippen molar-refractivity contribution in [2.45, 2.75) is 39.7 Å². The van der Waals surface area contributed by atoms with Gasteiger partial charge in [0.2, 0.25) is 0 Å². The molecular weight excluding hydrogens is 226 g/mol. The quantitative estimate of drug-likeness (QED) is 0.892. The van der Waals surface area contributed by atoms with Crippen LogP contribution in [0, 0.1) is 12.8 Å². The first-order valence-electron chi connectivity index (χ1n) is 6.51. The van der Waals surface area contributed by atoms with Gasteiger partial charge in [0.05, 0.1) is 5.92 Å². The average molecular weight is 247 g/mol. The Kier molecular flexibility index (Phi) is 3.33. The Bertz CT molecular complexity index is 468. The monoisotopic (exact) mass is 247 g/mol. The fourth-order valence-corrected chi connectivity index (χ4v) is 2.73. The lowest BCUT2D eigenvalue weighted by Gasteiger charge is -2.25. The lowest BCUT2D eigenvalue weighted by atomic mass is 9.88. The number of aliphatic carboxylic acids is 1. The zero-order valence-electron chi connectivity index (χ0n) is 11.5. The minimum atomic E-state index is -0.710. The van der Waals surface area contributed by atoms with Crippen LogP contribution in [-0.4, -0.2) is 23.7 Å². The Labute approximate surface area is 108 Å². The summed E-state index contributed by atoms with van der Waals surface area (Å²) in [5.74, 6) is -0.952. The molecule has 1 N–H and O–H groups in total. The van der Waals surface area contributed by atoms with E-state index < -0.39 is 5.97 Å². The Hall–Kier alpha value is -1.51. The van der Waals surface area contributed by atoms with E-state index in [0.29, 0.717) is 6.04 Å². The predicted octanol–water partition coefficient (Wildman–Crippen LogP) is 3.03. The first-order valence-corrected chi connectivity index (χ1v) is 6.51. The topological polar surface area (TPSA) is 40.5 Å². The molecule has 1 aliphatic heterocycles. The Morgan fingerprint density at radius 2 is 2.06 bits per heavy atom. The van der Waals surface area contributed by atoms with Crippen LogP contribution in [0.1, 0.15) is 37.8 Å². The Balaban J connectivity index is 2.44. The number of nitrogens with zero attached hydrogens (tertiary/aromatic N) is 1. The zero-order chi connectivity index (χ0) is 13.4. The summed E-state index contributed by atoms with van der Waals surface area (Å²) < 4.78 is 0. The number of carbonyl (C=O) groups is 1. The molecule has 0 aromatic heterocycles. The maximum atomic E-state index is 11.2. The summed E-state index contributed by atoms with van der Waals surface area (Å²) in [6, 6.07) is 6.76. The standard InChI is InChI=1S/C15H21NO2/c1-9(2)16-8-13(11(4)15(17)18)12-7-10(3)5-6-14(12)16/h5-7,9,11,13H,8H2,1-4H3,(H,17,18). The van der Waals surface area contributed by atoms with Gasteiger partial charge in [0.1, 0.15) is 0 Å². The van der Waals surface area contributed by atoms with Crippen LogP contribution in [0.5, 0.6) is 0 Å². The molecule has 3 nitrogen and oxygen atoms in total. The molecular formula is C15H21NO2. The van der Waals surface area contributed by atoms with E-state index in [1.54, 1.807) is 0 Å². The summed E-state index contributed by atoms with van der Waals surface area (Å²) in [6.45, 7) is 8.97. The maximum Gasteiger partial charge on any atom is 0.306 e. The smallest absolute Gasteiger partial charge is 0.306 e. The molecule has 0 saturated heterocycles. The maximum absolute atomic E-state index is 11.2. The Morgan fingerprint density at radius 3 is 2.61 bits per heavy atom. The molecule has 98 valence electrons. The molecule has 0 saturated carbocycles. The van der Waals surface area contributed by atoms with E-state index in [1.807, 2.05) is 6.92 Å². The number of anilines is 1. The van der Waals surface area contributed by atoms with Crippen LogP contribution in [0.2, 0.25) is 0 Å². The summed E-state index contributed by atoms with van der Waals surface area (Å²) in [6.07, 6.45) is 0. The van der Waals surface area contributed by atoms with E-state index in [2.05, 4.69) is 43.9 Å². The van der Waals surface area contributed by atoms with Crippen molar-refractivity contribution in [2.24, 2.45) is 5.92 Å². The van der Waals surface area contributed by atoms with Crippen LogP contribution >= 0.6 is 0 Å². The van der Waals surface area contributed by atoms with Crippen molar-refractivity contribution in [3.05, 3.63) is 29.3 Å². The molecule has 1 aromatic carbocycles. The van der Waals surface area contributed by atoms with E-state index in [0.717, 1.165) is 6.54 Å². The van der Waals surface area contributed by atoms with Crippen molar-refractivity contribution in [1.29, 1.82) is 0 Å². The molecule has 18 heavy (non-hydrogen) atoms. The second kappa shape index (κ2) is 4.63. The van der Waals surface area contributed by atoms with Gasteiger partial charge < -0.3 is 10.0 Å². The second-order valence-corrected chi connectivity index (χ2v) is 5.54.